The van der Waals surface area contributed by atoms with Crippen LogP contribution in [0.1, 0.15) is 27.7 Å². The number of hydrogen-bond donors (Lipinski definition) is 3. The molecule has 0 aromatic heterocycles. The topological polar surface area (TPSA) is 70.6 Å². The number of carbonyl (C=O) groups is 1. The number of amides is 1. The summed E-state index contributed by atoms with van der Waals surface area (Å²) in [6, 6.07) is 7.22. The first-order valence-electron chi connectivity index (χ1n) is 6.57. The molecule has 3 N–H and O–H groups in total. The van der Waals surface area contributed by atoms with Gasteiger partial charge in [-0.1, -0.05) is 12.1 Å². The first-order chi connectivity index (χ1) is 9.17. The molecule has 0 bridgehead atoms. The third-order valence-corrected chi connectivity index (χ3v) is 3.60. The van der Waals surface area contributed by atoms with E-state index in [-0.39, 0.29) is 12.5 Å². The number of anilines is 1. The smallest absolute Gasteiger partial charge is 0.238 e. The summed E-state index contributed by atoms with van der Waals surface area (Å²) in [7, 11) is 1.56. The predicted octanol–water partition coefficient (Wildman–Crippen LogP) is 1.77. The van der Waals surface area contributed by atoms with Crippen molar-refractivity contribution < 1.29 is 14.6 Å². The molecule has 0 atom stereocenters. The van der Waals surface area contributed by atoms with Crippen molar-refractivity contribution in [2.45, 2.75) is 38.8 Å². The van der Waals surface area contributed by atoms with E-state index in [1.165, 1.54) is 0 Å². The van der Waals surface area contributed by atoms with Crippen LogP contribution in [-0.2, 0) is 4.79 Å². The van der Waals surface area contributed by atoms with E-state index in [9.17, 15) is 9.90 Å². The lowest BCUT2D eigenvalue weighted by Crippen LogP contribution is -2.57. The van der Waals surface area contributed by atoms with Crippen molar-refractivity contribution >= 4 is 11.6 Å². The van der Waals surface area contributed by atoms with E-state index in [1.54, 1.807) is 33.1 Å². The van der Waals surface area contributed by atoms with Crippen molar-refractivity contribution in [3.8, 4) is 5.75 Å². The first-order valence-corrected chi connectivity index (χ1v) is 6.57. The summed E-state index contributed by atoms with van der Waals surface area (Å²) in [5.74, 6) is 0.425. The largest absolute Gasteiger partial charge is 0.495 e. The highest BCUT2D eigenvalue weighted by molar-refractivity contribution is 5.93. The van der Waals surface area contributed by atoms with Gasteiger partial charge in [0.1, 0.15) is 5.75 Å². The normalized spacial score (nSPS) is 12.1. The second kappa shape index (κ2) is 6.24. The van der Waals surface area contributed by atoms with Crippen LogP contribution in [0.5, 0.6) is 5.75 Å². The molecule has 0 aliphatic rings. The van der Waals surface area contributed by atoms with E-state index in [0.29, 0.717) is 11.4 Å². The number of hydrogen-bond acceptors (Lipinski definition) is 4. The van der Waals surface area contributed by atoms with E-state index in [4.69, 9.17) is 4.74 Å². The van der Waals surface area contributed by atoms with Gasteiger partial charge in [-0.25, -0.2) is 0 Å². The Morgan fingerprint density at radius 2 is 1.85 bits per heavy atom. The summed E-state index contributed by atoms with van der Waals surface area (Å²) in [5, 5.41) is 15.8. The molecule has 1 amide bonds. The number of methoxy groups -OCH3 is 1. The van der Waals surface area contributed by atoms with Gasteiger partial charge in [0, 0.05) is 5.54 Å². The van der Waals surface area contributed by atoms with Crippen molar-refractivity contribution in [1.29, 1.82) is 0 Å². The molecule has 1 aromatic rings. The molecule has 5 heteroatoms. The van der Waals surface area contributed by atoms with E-state index in [0.717, 1.165) is 0 Å². The zero-order valence-electron chi connectivity index (χ0n) is 12.8. The average Bonchev–Trinajstić information content (AvgIpc) is 2.36. The molecule has 1 rings (SSSR count). The van der Waals surface area contributed by atoms with Crippen LogP contribution in [0.3, 0.4) is 0 Å². The molecule has 0 heterocycles. The van der Waals surface area contributed by atoms with Crippen LogP contribution in [0.2, 0.25) is 0 Å². The van der Waals surface area contributed by atoms with Crippen molar-refractivity contribution in [2.75, 3.05) is 19.0 Å². The van der Waals surface area contributed by atoms with Crippen LogP contribution in [0.25, 0.3) is 0 Å². The zero-order chi connectivity index (χ0) is 15.4. The summed E-state index contributed by atoms with van der Waals surface area (Å²) in [6.45, 7) is 7.22. The summed E-state index contributed by atoms with van der Waals surface area (Å²) in [6.07, 6.45) is 0. The molecule has 0 spiro atoms. The molecule has 0 fully saturated rings. The molecule has 20 heavy (non-hydrogen) atoms. The van der Waals surface area contributed by atoms with Crippen molar-refractivity contribution in [3.05, 3.63) is 24.3 Å². The SMILES string of the molecule is COc1ccccc1NC(=O)CNC(C)(C)C(C)(C)O. The fourth-order valence-electron chi connectivity index (χ4n) is 1.46. The minimum atomic E-state index is -0.933. The zero-order valence-corrected chi connectivity index (χ0v) is 12.8. The maximum atomic E-state index is 11.9. The fourth-order valence-corrected chi connectivity index (χ4v) is 1.46. The predicted molar refractivity (Wildman–Crippen MR) is 80.0 cm³/mol. The Balaban J connectivity index is 2.61. The third-order valence-electron chi connectivity index (χ3n) is 3.60. The van der Waals surface area contributed by atoms with Gasteiger partial charge in [-0.15, -0.1) is 0 Å². The molecule has 0 radical (unpaired) electrons. The van der Waals surface area contributed by atoms with Crippen LogP contribution in [0.4, 0.5) is 5.69 Å². The quantitative estimate of drug-likeness (QED) is 0.743. The number of benzene rings is 1. The molecule has 0 aliphatic carbocycles. The van der Waals surface area contributed by atoms with Crippen LogP contribution in [0, 0.1) is 0 Å². The second-order valence-electron chi connectivity index (χ2n) is 5.79. The molecular formula is C15H24N2O3. The highest BCUT2D eigenvalue weighted by Gasteiger charge is 2.34. The molecule has 0 aliphatic heterocycles. The van der Waals surface area contributed by atoms with Crippen molar-refractivity contribution in [2.24, 2.45) is 0 Å². The van der Waals surface area contributed by atoms with Crippen LogP contribution >= 0.6 is 0 Å². The van der Waals surface area contributed by atoms with E-state index in [1.807, 2.05) is 26.0 Å². The maximum Gasteiger partial charge on any atom is 0.238 e. The summed E-state index contributed by atoms with van der Waals surface area (Å²) >= 11 is 0. The molecule has 0 saturated heterocycles. The van der Waals surface area contributed by atoms with Gasteiger partial charge in [0.25, 0.3) is 0 Å². The van der Waals surface area contributed by atoms with E-state index < -0.39 is 11.1 Å². The van der Waals surface area contributed by atoms with E-state index >= 15 is 0 Å². The molecule has 1 aromatic carbocycles. The Morgan fingerprint density at radius 3 is 2.40 bits per heavy atom. The Bertz CT molecular complexity index is 464. The van der Waals surface area contributed by atoms with Gasteiger partial charge in [-0.05, 0) is 39.8 Å². The summed E-state index contributed by atoms with van der Waals surface area (Å²) < 4.78 is 5.17. The van der Waals surface area contributed by atoms with Gasteiger partial charge in [0.2, 0.25) is 5.91 Å². The Labute approximate surface area is 120 Å². The summed E-state index contributed by atoms with van der Waals surface area (Å²) in [4.78, 5) is 11.9. The molecule has 112 valence electrons. The maximum absolute atomic E-state index is 11.9. The average molecular weight is 280 g/mol. The highest BCUT2D eigenvalue weighted by Crippen LogP contribution is 2.23. The van der Waals surface area contributed by atoms with Crippen LogP contribution in [0.15, 0.2) is 24.3 Å². The molecule has 5 nitrogen and oxygen atoms in total. The monoisotopic (exact) mass is 280 g/mol. The molecule has 0 unspecified atom stereocenters. The van der Waals surface area contributed by atoms with Crippen molar-refractivity contribution in [1.82, 2.24) is 5.32 Å². The lowest BCUT2D eigenvalue weighted by atomic mass is 9.86. The minimum Gasteiger partial charge on any atom is -0.495 e. The van der Waals surface area contributed by atoms with Gasteiger partial charge in [0.15, 0.2) is 0 Å². The fraction of sp³-hybridized carbons (Fsp3) is 0.533. The highest BCUT2D eigenvalue weighted by atomic mass is 16.5. The number of aliphatic hydroxyl groups is 1. The van der Waals surface area contributed by atoms with Crippen molar-refractivity contribution in [3.63, 3.8) is 0 Å². The standard InChI is InChI=1S/C15H24N2O3/c1-14(2,15(3,4)19)16-10-13(18)17-11-8-6-7-9-12(11)20-5/h6-9,16,19H,10H2,1-5H3,(H,17,18). The third kappa shape index (κ3) is 4.21. The number of para-hydroxylation sites is 2. The van der Waals surface area contributed by atoms with Gasteiger partial charge >= 0.3 is 0 Å². The number of nitrogens with one attached hydrogen (secondary N) is 2. The number of carbonyl (C=O) groups excluding carboxylic acids is 1. The Morgan fingerprint density at radius 1 is 1.25 bits per heavy atom. The minimum absolute atomic E-state index is 0.106. The Hall–Kier alpha value is -1.59. The van der Waals surface area contributed by atoms with Gasteiger partial charge in [-0.2, -0.15) is 0 Å². The van der Waals surface area contributed by atoms with E-state index in [2.05, 4.69) is 10.6 Å². The van der Waals surface area contributed by atoms with Crippen LogP contribution in [-0.4, -0.2) is 35.8 Å². The van der Waals surface area contributed by atoms with Gasteiger partial charge in [-0.3, -0.25) is 4.79 Å². The first kappa shape index (κ1) is 16.5. The van der Waals surface area contributed by atoms with Gasteiger partial charge in [0.05, 0.1) is 24.9 Å². The summed E-state index contributed by atoms with van der Waals surface area (Å²) in [5.41, 5.74) is -0.883. The Kier molecular flexibility index (Phi) is 5.14. The number of ether oxygens (including phenoxy) is 1. The molecule has 0 saturated carbocycles. The molecular weight excluding hydrogens is 256 g/mol. The van der Waals surface area contributed by atoms with Crippen LogP contribution < -0.4 is 15.4 Å². The lowest BCUT2D eigenvalue weighted by Gasteiger charge is -2.38. The second-order valence-corrected chi connectivity index (χ2v) is 5.79. The van der Waals surface area contributed by atoms with Gasteiger partial charge < -0.3 is 20.5 Å². The lowest BCUT2D eigenvalue weighted by molar-refractivity contribution is -0.116. The number of rotatable bonds is 6.